The Morgan fingerprint density at radius 2 is 1.74 bits per heavy atom. The number of imidazole rings is 1. The Labute approximate surface area is 155 Å². The van der Waals surface area contributed by atoms with Gasteiger partial charge in [0.25, 0.3) is 0 Å². The summed E-state index contributed by atoms with van der Waals surface area (Å²) >= 11 is 0. The monoisotopic (exact) mass is 424 g/mol. The zero-order valence-electron chi connectivity index (χ0n) is 14.5. The Balaban J connectivity index is 0.000000615. The molecule has 0 saturated carbocycles. The van der Waals surface area contributed by atoms with Crippen molar-refractivity contribution in [2.24, 2.45) is 7.05 Å². The van der Waals surface area contributed by atoms with Crippen molar-refractivity contribution in [3.63, 3.8) is 0 Å². The van der Waals surface area contributed by atoms with E-state index in [2.05, 4.69) is 60.8 Å². The summed E-state index contributed by atoms with van der Waals surface area (Å²) in [5.74, 6) is 0. The molecule has 0 radical (unpaired) electrons. The molecule has 124 valence electrons. The van der Waals surface area contributed by atoms with E-state index < -0.39 is 0 Å². The van der Waals surface area contributed by atoms with Gasteiger partial charge in [0, 0.05) is 11.8 Å². The molecule has 0 aliphatic heterocycles. The molecule has 0 bridgehead atoms. The third kappa shape index (κ3) is 4.92. The van der Waals surface area contributed by atoms with Crippen molar-refractivity contribution < 1.29 is 28.5 Å². The van der Waals surface area contributed by atoms with E-state index in [1.54, 1.807) is 0 Å². The summed E-state index contributed by atoms with van der Waals surface area (Å²) in [4.78, 5) is 0. The normalized spacial score (nSPS) is 9.78. The summed E-state index contributed by atoms with van der Waals surface area (Å²) in [5, 5.41) is 4.52. The Morgan fingerprint density at radius 1 is 1.09 bits per heavy atom. The molecule has 0 aliphatic carbocycles. The van der Waals surface area contributed by atoms with Gasteiger partial charge in [-0.1, -0.05) is 26.3 Å². The molecular weight excluding hydrogens is 399 g/mol. The summed E-state index contributed by atoms with van der Waals surface area (Å²) in [6.07, 6.45) is 7.36. The average Bonchev–Trinajstić information content (AvgIpc) is 3.06. The van der Waals surface area contributed by atoms with Gasteiger partial charge in [0.05, 0.1) is 18.4 Å². The summed E-state index contributed by atoms with van der Waals surface area (Å²) in [6, 6.07) is 10.4. The van der Waals surface area contributed by atoms with Gasteiger partial charge in [-0.25, -0.2) is 13.8 Å². The SMILES string of the molecule is CCC.Cc1cc(C)n(-c2cccc(-n3cc[n+](C)c3)c2)n1.[I-]. The molecule has 2 heterocycles. The molecule has 4 nitrogen and oxygen atoms in total. The fraction of sp³-hybridized carbons (Fsp3) is 0.333. The topological polar surface area (TPSA) is 26.6 Å². The number of nitrogens with zero attached hydrogens (tertiary/aromatic N) is 4. The molecule has 3 aromatic rings. The van der Waals surface area contributed by atoms with Crippen LogP contribution in [0.3, 0.4) is 0 Å². The quantitative estimate of drug-likeness (QED) is 0.436. The van der Waals surface area contributed by atoms with Crippen LogP contribution in [0.1, 0.15) is 31.7 Å². The lowest BCUT2D eigenvalue weighted by Gasteiger charge is -2.05. The van der Waals surface area contributed by atoms with E-state index in [1.165, 1.54) is 6.42 Å². The van der Waals surface area contributed by atoms with Gasteiger partial charge in [0.1, 0.15) is 18.1 Å². The molecule has 1 aromatic carbocycles. The van der Waals surface area contributed by atoms with Crippen LogP contribution in [0.4, 0.5) is 0 Å². The second-order valence-electron chi connectivity index (χ2n) is 5.55. The number of aryl methyl sites for hydroxylation is 3. The maximum Gasteiger partial charge on any atom is 0.248 e. The highest BCUT2D eigenvalue weighted by Gasteiger charge is 2.08. The molecule has 0 N–H and O–H groups in total. The van der Waals surface area contributed by atoms with Crippen LogP contribution in [-0.4, -0.2) is 14.3 Å². The van der Waals surface area contributed by atoms with E-state index in [0.29, 0.717) is 0 Å². The van der Waals surface area contributed by atoms with Crippen LogP contribution < -0.4 is 28.5 Å². The highest BCUT2D eigenvalue weighted by molar-refractivity contribution is 5.44. The first-order valence-electron chi connectivity index (χ1n) is 7.72. The Hall–Kier alpha value is -1.63. The van der Waals surface area contributed by atoms with Crippen molar-refractivity contribution in [3.05, 3.63) is 60.4 Å². The molecule has 2 aromatic heterocycles. The third-order valence-corrected chi connectivity index (χ3v) is 3.15. The molecule has 5 heteroatoms. The minimum atomic E-state index is 0. The van der Waals surface area contributed by atoms with Gasteiger partial charge >= 0.3 is 0 Å². The minimum Gasteiger partial charge on any atom is -1.00 e. The lowest BCUT2D eigenvalue weighted by atomic mass is 10.2. The molecule has 0 spiro atoms. The number of halogens is 1. The zero-order chi connectivity index (χ0) is 16.1. The third-order valence-electron chi connectivity index (χ3n) is 3.15. The van der Waals surface area contributed by atoms with E-state index in [1.807, 2.05) is 41.9 Å². The van der Waals surface area contributed by atoms with E-state index in [9.17, 15) is 0 Å². The maximum atomic E-state index is 4.52. The van der Waals surface area contributed by atoms with Crippen LogP contribution in [0.25, 0.3) is 11.4 Å². The van der Waals surface area contributed by atoms with E-state index in [-0.39, 0.29) is 24.0 Å². The van der Waals surface area contributed by atoms with Crippen molar-refractivity contribution in [1.29, 1.82) is 0 Å². The molecular formula is C18H25IN4. The van der Waals surface area contributed by atoms with Gasteiger partial charge in [-0.2, -0.15) is 5.10 Å². The Kier molecular flexibility index (Phi) is 7.48. The summed E-state index contributed by atoms with van der Waals surface area (Å²) in [6.45, 7) is 8.33. The van der Waals surface area contributed by atoms with Gasteiger partial charge in [-0.15, -0.1) is 0 Å². The van der Waals surface area contributed by atoms with Crippen LogP contribution in [0.15, 0.2) is 49.1 Å². The lowest BCUT2D eigenvalue weighted by molar-refractivity contribution is -0.670. The van der Waals surface area contributed by atoms with Crippen molar-refractivity contribution >= 4 is 0 Å². The van der Waals surface area contributed by atoms with Gasteiger partial charge < -0.3 is 24.0 Å². The second-order valence-corrected chi connectivity index (χ2v) is 5.55. The summed E-state index contributed by atoms with van der Waals surface area (Å²) in [5.41, 5.74) is 4.40. The van der Waals surface area contributed by atoms with E-state index in [0.717, 1.165) is 22.8 Å². The number of hydrogen-bond donors (Lipinski definition) is 0. The van der Waals surface area contributed by atoms with Crippen molar-refractivity contribution in [2.75, 3.05) is 0 Å². The number of aromatic nitrogens is 4. The molecule has 3 rings (SSSR count). The molecule has 0 fully saturated rings. The van der Waals surface area contributed by atoms with Crippen LogP contribution in [0.2, 0.25) is 0 Å². The zero-order valence-corrected chi connectivity index (χ0v) is 16.7. The van der Waals surface area contributed by atoms with E-state index >= 15 is 0 Å². The predicted molar refractivity (Wildman–Crippen MR) is 89.5 cm³/mol. The van der Waals surface area contributed by atoms with Crippen molar-refractivity contribution in [1.82, 2.24) is 14.3 Å². The van der Waals surface area contributed by atoms with Gasteiger partial charge in [0.2, 0.25) is 6.33 Å². The molecule has 0 saturated heterocycles. The van der Waals surface area contributed by atoms with Gasteiger partial charge in [0.15, 0.2) is 0 Å². The largest absolute Gasteiger partial charge is 1.00 e. The van der Waals surface area contributed by atoms with E-state index in [4.69, 9.17) is 0 Å². The fourth-order valence-corrected chi connectivity index (χ4v) is 2.28. The summed E-state index contributed by atoms with van der Waals surface area (Å²) in [7, 11) is 2.02. The number of benzene rings is 1. The second kappa shape index (κ2) is 8.86. The van der Waals surface area contributed by atoms with Crippen LogP contribution in [0, 0.1) is 13.8 Å². The van der Waals surface area contributed by atoms with Gasteiger partial charge in [-0.3, -0.25) is 0 Å². The standard InChI is InChI=1S/C15H17N4.C3H8.HI/c1-12-9-13(2)19(16-12)15-6-4-5-14(10-15)18-8-7-17(3)11-18;1-3-2;/h4-11H,1-3H3;3H2,1-2H3;1H/q+1;;/p-1. The molecule has 0 atom stereocenters. The van der Waals surface area contributed by atoms with Gasteiger partial charge in [-0.05, 0) is 32.0 Å². The highest BCUT2D eigenvalue weighted by atomic mass is 127. The first kappa shape index (κ1) is 19.4. The molecule has 0 unspecified atom stereocenters. The van der Waals surface area contributed by atoms with Crippen LogP contribution >= 0.6 is 0 Å². The fourth-order valence-electron chi connectivity index (χ4n) is 2.28. The highest BCUT2D eigenvalue weighted by Crippen LogP contribution is 2.15. The molecule has 0 amide bonds. The number of rotatable bonds is 2. The Bertz CT molecular complexity index is 743. The first-order valence-corrected chi connectivity index (χ1v) is 7.72. The predicted octanol–water partition coefficient (Wildman–Crippen LogP) is 0.525. The number of hydrogen-bond acceptors (Lipinski definition) is 1. The molecule has 0 aliphatic rings. The molecule has 23 heavy (non-hydrogen) atoms. The Morgan fingerprint density at radius 3 is 2.26 bits per heavy atom. The lowest BCUT2D eigenvalue weighted by Crippen LogP contribution is -3.00. The first-order chi connectivity index (χ1) is 10.5. The smallest absolute Gasteiger partial charge is 0.248 e. The van der Waals surface area contributed by atoms with Crippen molar-refractivity contribution in [3.8, 4) is 11.4 Å². The maximum absolute atomic E-state index is 4.52. The van der Waals surface area contributed by atoms with Crippen LogP contribution in [-0.2, 0) is 7.05 Å². The summed E-state index contributed by atoms with van der Waals surface area (Å²) < 4.78 is 6.09. The van der Waals surface area contributed by atoms with Crippen molar-refractivity contribution in [2.45, 2.75) is 34.1 Å². The minimum absolute atomic E-state index is 0. The van der Waals surface area contributed by atoms with Crippen LogP contribution in [0.5, 0.6) is 0 Å². The average molecular weight is 424 g/mol.